The van der Waals surface area contributed by atoms with E-state index in [1.807, 2.05) is 6.07 Å². The minimum atomic E-state index is -4.52. The number of nitriles is 1. The second kappa shape index (κ2) is 6.26. The number of nitrogens with zero attached hydrogens (tertiary/aromatic N) is 1. The van der Waals surface area contributed by atoms with Crippen molar-refractivity contribution in [2.24, 2.45) is 5.92 Å². The predicted octanol–water partition coefficient (Wildman–Crippen LogP) is 2.90. The maximum absolute atomic E-state index is 13.1. The third-order valence-corrected chi connectivity index (χ3v) is 3.89. The van der Waals surface area contributed by atoms with Gasteiger partial charge in [-0.25, -0.2) is 0 Å². The summed E-state index contributed by atoms with van der Waals surface area (Å²) < 4.78 is 39.2. The Hall–Kier alpha value is -2.23. The number of alkyl halides is 3. The molecule has 0 aromatic heterocycles. The molecule has 7 heteroatoms. The van der Waals surface area contributed by atoms with Crippen molar-refractivity contribution in [3.05, 3.63) is 29.3 Å². The summed E-state index contributed by atoms with van der Waals surface area (Å²) in [5.74, 6) is -0.545. The monoisotopic (exact) mass is 311 g/mol. The van der Waals surface area contributed by atoms with Crippen LogP contribution in [0, 0.1) is 17.2 Å². The molecule has 2 atom stereocenters. The van der Waals surface area contributed by atoms with Gasteiger partial charge in [-0.05, 0) is 31.0 Å². The molecule has 1 aliphatic rings. The second-order valence-corrected chi connectivity index (χ2v) is 5.27. The van der Waals surface area contributed by atoms with Crippen LogP contribution in [0.2, 0.25) is 0 Å². The Morgan fingerprint density at radius 3 is 2.68 bits per heavy atom. The Labute approximate surface area is 126 Å². The number of hydrogen-bond donors (Lipinski definition) is 2. The maximum atomic E-state index is 13.1. The van der Waals surface area contributed by atoms with Gasteiger partial charge in [0.25, 0.3) is 0 Å². The lowest BCUT2D eigenvalue weighted by molar-refractivity contribution is -0.137. The summed E-state index contributed by atoms with van der Waals surface area (Å²) in [7, 11) is 1.51. The number of nitrogens with one attached hydrogen (secondary N) is 2. The average Bonchev–Trinajstić information content (AvgIpc) is 2.93. The van der Waals surface area contributed by atoms with Crippen LogP contribution in [0.5, 0.6) is 0 Å². The van der Waals surface area contributed by atoms with E-state index in [1.165, 1.54) is 13.1 Å². The van der Waals surface area contributed by atoms with Crippen molar-refractivity contribution in [3.8, 4) is 6.07 Å². The van der Waals surface area contributed by atoms with Gasteiger partial charge < -0.3 is 10.6 Å². The molecule has 2 N–H and O–H groups in total. The summed E-state index contributed by atoms with van der Waals surface area (Å²) in [6.07, 6.45) is -2.49. The Kier molecular flexibility index (Phi) is 4.59. The number of carbonyl (C=O) groups is 1. The van der Waals surface area contributed by atoms with E-state index in [0.29, 0.717) is 12.8 Å². The first-order valence-corrected chi connectivity index (χ1v) is 6.96. The molecule has 1 aromatic rings. The number of anilines is 1. The van der Waals surface area contributed by atoms with Gasteiger partial charge >= 0.3 is 6.18 Å². The Morgan fingerprint density at radius 1 is 1.36 bits per heavy atom. The lowest BCUT2D eigenvalue weighted by Crippen LogP contribution is -2.36. The lowest BCUT2D eigenvalue weighted by Gasteiger charge is -2.23. The normalized spacial score (nSPS) is 21.2. The van der Waals surface area contributed by atoms with Crippen LogP contribution in [0.3, 0.4) is 0 Å². The van der Waals surface area contributed by atoms with E-state index in [0.717, 1.165) is 18.6 Å². The van der Waals surface area contributed by atoms with Crippen LogP contribution in [0.25, 0.3) is 0 Å². The van der Waals surface area contributed by atoms with Crippen LogP contribution in [-0.2, 0) is 11.0 Å². The number of rotatable bonds is 3. The van der Waals surface area contributed by atoms with Gasteiger partial charge in [0.2, 0.25) is 5.91 Å². The summed E-state index contributed by atoms with van der Waals surface area (Å²) in [4.78, 5) is 11.8. The number of amides is 1. The maximum Gasteiger partial charge on any atom is 0.418 e. The highest BCUT2D eigenvalue weighted by atomic mass is 19.4. The van der Waals surface area contributed by atoms with E-state index in [1.54, 1.807) is 0 Å². The first-order chi connectivity index (χ1) is 10.4. The highest BCUT2D eigenvalue weighted by Crippen LogP contribution is 2.37. The summed E-state index contributed by atoms with van der Waals surface area (Å²) in [5, 5.41) is 14.2. The van der Waals surface area contributed by atoms with E-state index in [2.05, 4.69) is 10.6 Å². The SMILES string of the molecule is CNC(=O)[C@@H]1CCC[C@@H]1Nc1cc(C#N)ccc1C(F)(F)F. The van der Waals surface area contributed by atoms with Gasteiger partial charge in [0.15, 0.2) is 0 Å². The van der Waals surface area contributed by atoms with Crippen molar-refractivity contribution in [3.63, 3.8) is 0 Å². The molecular formula is C15H16F3N3O. The zero-order valence-corrected chi connectivity index (χ0v) is 12.0. The Morgan fingerprint density at radius 2 is 2.09 bits per heavy atom. The van der Waals surface area contributed by atoms with E-state index < -0.39 is 11.7 Å². The summed E-state index contributed by atoms with van der Waals surface area (Å²) in [6, 6.07) is 4.68. The summed E-state index contributed by atoms with van der Waals surface area (Å²) >= 11 is 0. The van der Waals surface area contributed by atoms with Crippen molar-refractivity contribution in [2.75, 3.05) is 12.4 Å². The number of halogens is 3. The van der Waals surface area contributed by atoms with Crippen molar-refractivity contribution >= 4 is 11.6 Å². The largest absolute Gasteiger partial charge is 0.418 e. The van der Waals surface area contributed by atoms with Crippen LogP contribution in [0.15, 0.2) is 18.2 Å². The molecule has 0 radical (unpaired) electrons. The Bertz CT molecular complexity index is 607. The van der Waals surface area contributed by atoms with E-state index in [9.17, 15) is 18.0 Å². The van der Waals surface area contributed by atoms with Crippen molar-refractivity contribution in [2.45, 2.75) is 31.5 Å². The quantitative estimate of drug-likeness (QED) is 0.902. The molecule has 4 nitrogen and oxygen atoms in total. The average molecular weight is 311 g/mol. The first-order valence-electron chi connectivity index (χ1n) is 6.96. The lowest BCUT2D eigenvalue weighted by atomic mass is 10.0. The van der Waals surface area contributed by atoms with E-state index >= 15 is 0 Å². The summed E-state index contributed by atoms with van der Waals surface area (Å²) in [6.45, 7) is 0. The molecule has 0 saturated heterocycles. The zero-order chi connectivity index (χ0) is 16.3. The van der Waals surface area contributed by atoms with E-state index in [-0.39, 0.29) is 29.1 Å². The molecule has 1 aromatic carbocycles. The fraction of sp³-hybridized carbons (Fsp3) is 0.467. The van der Waals surface area contributed by atoms with Gasteiger partial charge in [-0.3, -0.25) is 4.79 Å². The van der Waals surface area contributed by atoms with Crippen LogP contribution >= 0.6 is 0 Å². The van der Waals surface area contributed by atoms with Gasteiger partial charge in [0, 0.05) is 18.8 Å². The minimum Gasteiger partial charge on any atom is -0.381 e. The van der Waals surface area contributed by atoms with Crippen molar-refractivity contribution < 1.29 is 18.0 Å². The molecule has 0 heterocycles. The predicted molar refractivity (Wildman–Crippen MR) is 75.0 cm³/mol. The third-order valence-electron chi connectivity index (χ3n) is 3.89. The highest BCUT2D eigenvalue weighted by molar-refractivity contribution is 5.80. The Balaban J connectivity index is 2.31. The number of hydrogen-bond acceptors (Lipinski definition) is 3. The van der Waals surface area contributed by atoms with Crippen LogP contribution in [-0.4, -0.2) is 19.0 Å². The zero-order valence-electron chi connectivity index (χ0n) is 12.0. The molecule has 1 saturated carbocycles. The molecule has 1 aliphatic carbocycles. The van der Waals surface area contributed by atoms with Gasteiger partial charge in [-0.1, -0.05) is 6.42 Å². The topological polar surface area (TPSA) is 64.9 Å². The fourth-order valence-corrected chi connectivity index (χ4v) is 2.81. The third kappa shape index (κ3) is 3.32. The molecule has 1 amide bonds. The van der Waals surface area contributed by atoms with Gasteiger partial charge in [0.1, 0.15) is 0 Å². The number of carbonyl (C=O) groups excluding carboxylic acids is 1. The number of benzene rings is 1. The first kappa shape index (κ1) is 16.1. The molecule has 22 heavy (non-hydrogen) atoms. The second-order valence-electron chi connectivity index (χ2n) is 5.27. The van der Waals surface area contributed by atoms with Gasteiger partial charge in [0.05, 0.1) is 23.1 Å². The molecule has 118 valence electrons. The van der Waals surface area contributed by atoms with Crippen LogP contribution in [0.4, 0.5) is 18.9 Å². The van der Waals surface area contributed by atoms with Crippen molar-refractivity contribution in [1.29, 1.82) is 5.26 Å². The van der Waals surface area contributed by atoms with Crippen molar-refractivity contribution in [1.82, 2.24) is 5.32 Å². The molecule has 2 rings (SSSR count). The van der Waals surface area contributed by atoms with Gasteiger partial charge in [-0.15, -0.1) is 0 Å². The molecule has 1 fully saturated rings. The summed E-state index contributed by atoms with van der Waals surface area (Å²) in [5.41, 5.74) is -0.827. The highest BCUT2D eigenvalue weighted by Gasteiger charge is 2.37. The van der Waals surface area contributed by atoms with Crippen LogP contribution < -0.4 is 10.6 Å². The van der Waals surface area contributed by atoms with Crippen LogP contribution in [0.1, 0.15) is 30.4 Å². The molecule has 0 spiro atoms. The smallest absolute Gasteiger partial charge is 0.381 e. The molecule has 0 unspecified atom stereocenters. The minimum absolute atomic E-state index is 0.144. The molecular weight excluding hydrogens is 295 g/mol. The molecule has 0 aliphatic heterocycles. The fourth-order valence-electron chi connectivity index (χ4n) is 2.81. The standard InChI is InChI=1S/C15H16F3N3O/c1-20-14(22)10-3-2-4-12(10)21-13-7-9(8-19)5-6-11(13)15(16,17)18/h5-7,10,12,21H,2-4H2,1H3,(H,20,22)/t10-,12+/m1/s1. The molecule has 0 bridgehead atoms. The van der Waals surface area contributed by atoms with E-state index in [4.69, 9.17) is 5.26 Å². The van der Waals surface area contributed by atoms with Gasteiger partial charge in [-0.2, -0.15) is 18.4 Å².